The molecule has 0 saturated heterocycles. The SMILES string of the molecule is CCOC(=O)Oc1csc(NC(=O)C(CC2CCCC2)c2ccc(-c3ccccc3)cc2)n1. The Kier molecular flexibility index (Phi) is 7.73. The van der Waals surface area contributed by atoms with E-state index in [0.717, 1.165) is 23.1 Å². The predicted octanol–water partition coefficient (Wildman–Crippen LogP) is 6.65. The van der Waals surface area contributed by atoms with E-state index >= 15 is 0 Å². The molecule has 1 N–H and O–H groups in total. The fourth-order valence-electron chi connectivity index (χ4n) is 4.30. The highest BCUT2D eigenvalue weighted by molar-refractivity contribution is 7.14. The zero-order valence-electron chi connectivity index (χ0n) is 18.7. The zero-order valence-corrected chi connectivity index (χ0v) is 19.5. The summed E-state index contributed by atoms with van der Waals surface area (Å²) in [5, 5.41) is 4.90. The Balaban J connectivity index is 1.49. The van der Waals surface area contributed by atoms with Crippen LogP contribution in [0.3, 0.4) is 0 Å². The molecule has 4 rings (SSSR count). The lowest BCUT2D eigenvalue weighted by Crippen LogP contribution is -2.23. The number of ether oxygens (including phenoxy) is 2. The van der Waals surface area contributed by atoms with Gasteiger partial charge in [0, 0.05) is 0 Å². The van der Waals surface area contributed by atoms with Gasteiger partial charge in [0.15, 0.2) is 5.13 Å². The van der Waals surface area contributed by atoms with Crippen molar-refractivity contribution in [3.05, 3.63) is 65.5 Å². The molecule has 0 spiro atoms. The summed E-state index contributed by atoms with van der Waals surface area (Å²) in [5.74, 6) is 0.310. The Morgan fingerprint density at radius 3 is 2.45 bits per heavy atom. The van der Waals surface area contributed by atoms with Gasteiger partial charge in [-0.15, -0.1) is 11.3 Å². The fraction of sp³-hybridized carbons (Fsp3) is 0.346. The molecule has 0 aliphatic heterocycles. The monoisotopic (exact) mass is 464 g/mol. The van der Waals surface area contributed by atoms with E-state index in [2.05, 4.69) is 46.7 Å². The number of thiazole rings is 1. The third kappa shape index (κ3) is 6.20. The minimum Gasteiger partial charge on any atom is -0.434 e. The third-order valence-corrected chi connectivity index (χ3v) is 6.68. The average Bonchev–Trinajstić information content (AvgIpc) is 3.50. The van der Waals surface area contributed by atoms with Crippen LogP contribution in [0.1, 0.15) is 50.5 Å². The quantitative estimate of drug-likeness (QED) is 0.378. The molecule has 1 fully saturated rings. The first kappa shape index (κ1) is 23.0. The predicted molar refractivity (Wildman–Crippen MR) is 130 cm³/mol. The average molecular weight is 465 g/mol. The van der Waals surface area contributed by atoms with Gasteiger partial charge in [-0.05, 0) is 36.0 Å². The third-order valence-electron chi connectivity index (χ3n) is 5.94. The number of nitrogens with zero attached hydrogens (tertiary/aromatic N) is 1. The van der Waals surface area contributed by atoms with Crippen LogP contribution in [0.15, 0.2) is 60.0 Å². The number of benzene rings is 2. The number of aromatic nitrogens is 1. The van der Waals surface area contributed by atoms with Gasteiger partial charge < -0.3 is 14.8 Å². The smallest absolute Gasteiger partial charge is 0.434 e. The Morgan fingerprint density at radius 1 is 1.06 bits per heavy atom. The van der Waals surface area contributed by atoms with Gasteiger partial charge in [0.1, 0.15) is 0 Å². The highest BCUT2D eigenvalue weighted by atomic mass is 32.1. The summed E-state index contributed by atoms with van der Waals surface area (Å²) in [6.45, 7) is 1.92. The van der Waals surface area contributed by atoms with Gasteiger partial charge in [-0.2, -0.15) is 4.98 Å². The Hall–Kier alpha value is -3.19. The van der Waals surface area contributed by atoms with Crippen molar-refractivity contribution in [1.82, 2.24) is 4.98 Å². The van der Waals surface area contributed by atoms with Crippen LogP contribution in [0.4, 0.5) is 9.93 Å². The zero-order chi connectivity index (χ0) is 23.0. The summed E-state index contributed by atoms with van der Waals surface area (Å²) >= 11 is 1.22. The highest BCUT2D eigenvalue weighted by Crippen LogP contribution is 2.36. The molecule has 1 aliphatic rings. The molecular formula is C26H28N2O4S. The van der Waals surface area contributed by atoms with E-state index in [4.69, 9.17) is 9.47 Å². The lowest BCUT2D eigenvalue weighted by Gasteiger charge is -2.20. The van der Waals surface area contributed by atoms with Gasteiger partial charge in [0.05, 0.1) is 17.9 Å². The second-order valence-electron chi connectivity index (χ2n) is 8.19. The lowest BCUT2D eigenvalue weighted by atomic mass is 9.86. The van der Waals surface area contributed by atoms with Gasteiger partial charge in [-0.1, -0.05) is 80.3 Å². The van der Waals surface area contributed by atoms with E-state index in [1.807, 2.05) is 18.2 Å². The van der Waals surface area contributed by atoms with Crippen LogP contribution in [0.5, 0.6) is 5.88 Å². The van der Waals surface area contributed by atoms with Crippen molar-refractivity contribution in [3.8, 4) is 17.0 Å². The van der Waals surface area contributed by atoms with Gasteiger partial charge >= 0.3 is 6.16 Å². The summed E-state index contributed by atoms with van der Waals surface area (Å²) in [6, 6.07) is 18.5. The van der Waals surface area contributed by atoms with Gasteiger partial charge in [0.25, 0.3) is 0 Å². The Morgan fingerprint density at radius 2 is 1.76 bits per heavy atom. The molecule has 1 atom stereocenters. The molecule has 3 aromatic rings. The first-order valence-corrected chi connectivity index (χ1v) is 12.3. The second kappa shape index (κ2) is 11.1. The molecule has 1 saturated carbocycles. The molecule has 172 valence electrons. The molecule has 0 bridgehead atoms. The van der Waals surface area contributed by atoms with Gasteiger partial charge in [0.2, 0.25) is 11.8 Å². The minimum absolute atomic E-state index is 0.0913. The Bertz CT molecular complexity index is 1060. The van der Waals surface area contributed by atoms with Crippen molar-refractivity contribution >= 4 is 28.5 Å². The van der Waals surface area contributed by atoms with Crippen molar-refractivity contribution < 1.29 is 19.1 Å². The van der Waals surface area contributed by atoms with Gasteiger partial charge in [-0.3, -0.25) is 4.79 Å². The maximum absolute atomic E-state index is 13.3. The summed E-state index contributed by atoms with van der Waals surface area (Å²) in [6.07, 6.45) is 4.80. The summed E-state index contributed by atoms with van der Waals surface area (Å²) in [7, 11) is 0. The lowest BCUT2D eigenvalue weighted by molar-refractivity contribution is -0.118. The number of carbonyl (C=O) groups excluding carboxylic acids is 2. The Labute approximate surface area is 198 Å². The highest BCUT2D eigenvalue weighted by Gasteiger charge is 2.27. The van der Waals surface area contributed by atoms with Crippen molar-refractivity contribution in [2.45, 2.75) is 44.9 Å². The van der Waals surface area contributed by atoms with Crippen LogP contribution in [-0.4, -0.2) is 23.7 Å². The van der Waals surface area contributed by atoms with Gasteiger partial charge in [-0.25, -0.2) is 4.79 Å². The van der Waals surface area contributed by atoms with Crippen LogP contribution in [0.2, 0.25) is 0 Å². The van der Waals surface area contributed by atoms with E-state index in [-0.39, 0.29) is 24.3 Å². The number of amides is 1. The topological polar surface area (TPSA) is 77.5 Å². The van der Waals surface area contributed by atoms with E-state index in [1.54, 1.807) is 12.3 Å². The summed E-state index contributed by atoms with van der Waals surface area (Å²) in [4.78, 5) is 29.0. The molecule has 7 heteroatoms. The number of anilines is 1. The summed E-state index contributed by atoms with van der Waals surface area (Å²) < 4.78 is 9.78. The number of hydrogen-bond acceptors (Lipinski definition) is 6. The molecule has 1 amide bonds. The normalized spacial score (nSPS) is 14.6. The minimum atomic E-state index is -0.807. The standard InChI is InChI=1S/C26H28N2O4S/c1-2-31-26(30)32-23-17-33-25(27-23)28-24(29)22(16-18-8-6-7-9-18)21-14-12-20(13-15-21)19-10-4-3-5-11-19/h3-5,10-15,17-18,22H,2,6-9,16H2,1H3,(H,27,28,29). The molecule has 33 heavy (non-hydrogen) atoms. The summed E-state index contributed by atoms with van der Waals surface area (Å²) in [5.41, 5.74) is 3.27. The van der Waals surface area contributed by atoms with E-state index in [0.29, 0.717) is 11.0 Å². The van der Waals surface area contributed by atoms with Crippen LogP contribution in [-0.2, 0) is 9.53 Å². The van der Waals surface area contributed by atoms with Crippen LogP contribution < -0.4 is 10.1 Å². The van der Waals surface area contributed by atoms with Crippen molar-refractivity contribution in [2.75, 3.05) is 11.9 Å². The number of carbonyl (C=O) groups is 2. The molecule has 1 aliphatic carbocycles. The molecule has 1 heterocycles. The maximum Gasteiger partial charge on any atom is 0.515 e. The van der Waals surface area contributed by atoms with E-state index in [1.165, 1.54) is 37.0 Å². The molecule has 1 unspecified atom stereocenters. The first-order chi connectivity index (χ1) is 16.1. The maximum atomic E-state index is 13.3. The van der Waals surface area contributed by atoms with Crippen LogP contribution >= 0.6 is 11.3 Å². The molecular weight excluding hydrogens is 436 g/mol. The molecule has 1 aromatic heterocycles. The van der Waals surface area contributed by atoms with Crippen molar-refractivity contribution in [2.24, 2.45) is 5.92 Å². The van der Waals surface area contributed by atoms with Crippen LogP contribution in [0.25, 0.3) is 11.1 Å². The van der Waals surface area contributed by atoms with E-state index < -0.39 is 6.16 Å². The second-order valence-corrected chi connectivity index (χ2v) is 9.05. The van der Waals surface area contributed by atoms with Crippen LogP contribution in [0, 0.1) is 5.92 Å². The molecule has 2 aromatic carbocycles. The number of hydrogen-bond donors (Lipinski definition) is 1. The number of rotatable bonds is 8. The van der Waals surface area contributed by atoms with Crippen molar-refractivity contribution in [3.63, 3.8) is 0 Å². The number of nitrogens with one attached hydrogen (secondary N) is 1. The first-order valence-electron chi connectivity index (χ1n) is 11.4. The molecule has 6 nitrogen and oxygen atoms in total. The molecule has 0 radical (unpaired) electrons. The van der Waals surface area contributed by atoms with E-state index in [9.17, 15) is 9.59 Å². The fourth-order valence-corrected chi connectivity index (χ4v) is 4.92. The largest absolute Gasteiger partial charge is 0.515 e. The van der Waals surface area contributed by atoms with Crippen molar-refractivity contribution in [1.29, 1.82) is 0 Å².